The highest BCUT2D eigenvalue weighted by Gasteiger charge is 2.44. The van der Waals surface area contributed by atoms with Crippen molar-refractivity contribution in [1.29, 1.82) is 0 Å². The largest absolute Gasteiger partial charge is 0.369 e. The zero-order valence-electron chi connectivity index (χ0n) is 25.2. The van der Waals surface area contributed by atoms with Crippen LogP contribution < -0.4 is 0 Å². The fraction of sp³-hybridized carbons (Fsp3) is 0.514. The molecule has 1 saturated carbocycles. The first-order valence-corrected chi connectivity index (χ1v) is 15.8. The molecule has 0 radical (unpaired) electrons. The fourth-order valence-electron chi connectivity index (χ4n) is 6.70. The second-order valence-electron chi connectivity index (χ2n) is 12.6. The molecule has 0 N–H and O–H groups in total. The summed E-state index contributed by atoms with van der Waals surface area (Å²) in [5.41, 5.74) is 3.55. The summed E-state index contributed by atoms with van der Waals surface area (Å²) in [6, 6.07) is 31.7. The smallest absolute Gasteiger partial charge is 0.113 e. The zero-order valence-corrected chi connectivity index (χ0v) is 25.2. The monoisotopic (exact) mass is 555 g/mol. The Balaban J connectivity index is 1.35. The zero-order chi connectivity index (χ0) is 28.4. The van der Waals surface area contributed by atoms with E-state index in [-0.39, 0.29) is 24.4 Å². The van der Waals surface area contributed by atoms with E-state index in [1.807, 2.05) is 0 Å². The Morgan fingerprint density at radius 3 is 1.59 bits per heavy atom. The number of benzene rings is 3. The predicted octanol–water partition coefficient (Wildman–Crippen LogP) is 7.91. The molecule has 2 aliphatic rings. The Hall–Kier alpha value is -2.50. The van der Waals surface area contributed by atoms with Gasteiger partial charge in [-0.25, -0.2) is 0 Å². The summed E-state index contributed by atoms with van der Waals surface area (Å²) >= 11 is 0. The molecule has 2 fully saturated rings. The SMILES string of the molecule is CC(C)C1CCC(CN2C[C@H](OCc3ccccc3)[C@@H](OCc3ccccc3)[C@H](OCc3ccccc3)[C@H]2C)CC1. The van der Waals surface area contributed by atoms with Crippen molar-refractivity contribution in [2.45, 2.75) is 90.6 Å². The highest BCUT2D eigenvalue weighted by Crippen LogP contribution is 2.36. The average Bonchev–Trinajstić information content (AvgIpc) is 3.01. The molecule has 41 heavy (non-hydrogen) atoms. The van der Waals surface area contributed by atoms with Crippen LogP contribution in [0, 0.1) is 17.8 Å². The van der Waals surface area contributed by atoms with Crippen molar-refractivity contribution in [1.82, 2.24) is 4.90 Å². The molecule has 220 valence electrons. The first kappa shape index (κ1) is 30.0. The van der Waals surface area contributed by atoms with Gasteiger partial charge in [-0.3, -0.25) is 4.90 Å². The summed E-state index contributed by atoms with van der Waals surface area (Å²) in [5.74, 6) is 2.41. The molecule has 1 heterocycles. The number of rotatable bonds is 12. The van der Waals surface area contributed by atoms with Crippen LogP contribution in [0.15, 0.2) is 91.0 Å². The van der Waals surface area contributed by atoms with E-state index < -0.39 is 0 Å². The van der Waals surface area contributed by atoms with Gasteiger partial charge >= 0.3 is 0 Å². The van der Waals surface area contributed by atoms with Gasteiger partial charge in [0.05, 0.1) is 25.9 Å². The van der Waals surface area contributed by atoms with Gasteiger partial charge in [0, 0.05) is 19.1 Å². The maximum absolute atomic E-state index is 6.79. The van der Waals surface area contributed by atoms with Gasteiger partial charge < -0.3 is 14.2 Å². The van der Waals surface area contributed by atoms with Crippen LogP contribution >= 0.6 is 0 Å². The molecular weight excluding hydrogens is 506 g/mol. The van der Waals surface area contributed by atoms with E-state index in [9.17, 15) is 0 Å². The lowest BCUT2D eigenvalue weighted by atomic mass is 9.76. The molecule has 0 aromatic heterocycles. The molecule has 0 unspecified atom stereocenters. The summed E-state index contributed by atoms with van der Waals surface area (Å²) < 4.78 is 20.3. The lowest BCUT2D eigenvalue weighted by Crippen LogP contribution is -2.63. The van der Waals surface area contributed by atoms with Crippen molar-refractivity contribution in [3.63, 3.8) is 0 Å². The maximum atomic E-state index is 6.79. The Morgan fingerprint density at radius 2 is 1.10 bits per heavy atom. The molecule has 4 nitrogen and oxygen atoms in total. The van der Waals surface area contributed by atoms with Crippen LogP contribution in [0.1, 0.15) is 63.1 Å². The summed E-state index contributed by atoms with van der Waals surface area (Å²) in [4.78, 5) is 2.65. The number of nitrogens with zero attached hydrogens (tertiary/aromatic N) is 1. The number of likely N-dealkylation sites (tertiary alicyclic amines) is 1. The number of hydrogen-bond acceptors (Lipinski definition) is 4. The maximum Gasteiger partial charge on any atom is 0.113 e. The van der Waals surface area contributed by atoms with E-state index in [1.165, 1.54) is 42.4 Å². The van der Waals surface area contributed by atoms with Crippen molar-refractivity contribution in [2.24, 2.45) is 17.8 Å². The molecule has 3 aromatic carbocycles. The molecule has 0 amide bonds. The van der Waals surface area contributed by atoms with E-state index >= 15 is 0 Å². The van der Waals surface area contributed by atoms with E-state index in [0.717, 1.165) is 30.8 Å². The first-order valence-electron chi connectivity index (χ1n) is 15.8. The fourth-order valence-corrected chi connectivity index (χ4v) is 6.70. The van der Waals surface area contributed by atoms with E-state index in [0.29, 0.717) is 19.8 Å². The minimum Gasteiger partial charge on any atom is -0.369 e. The van der Waals surface area contributed by atoms with Crippen LogP contribution in [-0.2, 0) is 34.0 Å². The van der Waals surface area contributed by atoms with Gasteiger partial charge in [-0.1, -0.05) is 105 Å². The van der Waals surface area contributed by atoms with Gasteiger partial charge in [0.2, 0.25) is 0 Å². The molecule has 5 rings (SSSR count). The van der Waals surface area contributed by atoms with Crippen molar-refractivity contribution in [3.05, 3.63) is 108 Å². The Labute approximate surface area is 248 Å². The predicted molar refractivity (Wildman–Crippen MR) is 166 cm³/mol. The first-order chi connectivity index (χ1) is 20.1. The lowest BCUT2D eigenvalue weighted by Gasteiger charge is -2.48. The molecule has 3 aromatic rings. The molecular formula is C37H49NO3. The van der Waals surface area contributed by atoms with Gasteiger partial charge in [-0.15, -0.1) is 0 Å². The third-order valence-electron chi connectivity index (χ3n) is 9.36. The summed E-state index contributed by atoms with van der Waals surface area (Å²) in [6.07, 6.45) is 5.02. The van der Waals surface area contributed by atoms with Crippen LogP contribution in [0.3, 0.4) is 0 Å². The van der Waals surface area contributed by atoms with Gasteiger partial charge in [0.1, 0.15) is 12.2 Å². The highest BCUT2D eigenvalue weighted by atomic mass is 16.6. The van der Waals surface area contributed by atoms with Gasteiger partial charge in [0.25, 0.3) is 0 Å². The average molecular weight is 556 g/mol. The molecule has 1 aliphatic carbocycles. The van der Waals surface area contributed by atoms with Gasteiger partial charge in [-0.05, 0) is 67.1 Å². The second kappa shape index (κ2) is 15.1. The van der Waals surface area contributed by atoms with Crippen molar-refractivity contribution in [2.75, 3.05) is 13.1 Å². The lowest BCUT2D eigenvalue weighted by molar-refractivity contribution is -0.202. The van der Waals surface area contributed by atoms with Crippen LogP contribution in [0.5, 0.6) is 0 Å². The van der Waals surface area contributed by atoms with E-state index in [4.69, 9.17) is 14.2 Å². The Morgan fingerprint density at radius 1 is 0.634 bits per heavy atom. The van der Waals surface area contributed by atoms with Crippen molar-refractivity contribution < 1.29 is 14.2 Å². The minimum atomic E-state index is -0.162. The van der Waals surface area contributed by atoms with Gasteiger partial charge in [0.15, 0.2) is 0 Å². The van der Waals surface area contributed by atoms with E-state index in [2.05, 4.69) is 117 Å². The topological polar surface area (TPSA) is 30.9 Å². The number of piperidine rings is 1. The second-order valence-corrected chi connectivity index (χ2v) is 12.6. The minimum absolute atomic E-state index is 0.0807. The van der Waals surface area contributed by atoms with E-state index in [1.54, 1.807) is 0 Å². The molecule has 4 heteroatoms. The van der Waals surface area contributed by atoms with Crippen molar-refractivity contribution >= 4 is 0 Å². The quantitative estimate of drug-likeness (QED) is 0.227. The highest BCUT2D eigenvalue weighted by molar-refractivity contribution is 5.16. The molecule has 1 aliphatic heterocycles. The summed E-state index contributed by atoms with van der Waals surface area (Å²) in [6.45, 7) is 10.8. The Bertz CT molecular complexity index is 1130. The standard InChI is InChI=1S/C37H49NO3/c1-28(2)34-21-19-30(20-22-34)23-38-24-35(39-25-31-13-7-4-8-14-31)37(41-27-33-17-11-6-12-18-33)36(29(38)3)40-26-32-15-9-5-10-16-32/h4-18,28-30,34-37H,19-27H2,1-3H3/t29-,30?,34?,35+,36-,37-/m1/s1. The molecule has 0 spiro atoms. The number of ether oxygens (including phenoxy) is 3. The molecule has 0 bridgehead atoms. The third-order valence-corrected chi connectivity index (χ3v) is 9.36. The molecule has 4 atom stereocenters. The van der Waals surface area contributed by atoms with Crippen LogP contribution in [0.4, 0.5) is 0 Å². The third kappa shape index (κ3) is 8.51. The summed E-state index contributed by atoms with van der Waals surface area (Å²) in [7, 11) is 0. The van der Waals surface area contributed by atoms with Crippen LogP contribution in [0.25, 0.3) is 0 Å². The summed E-state index contributed by atoms with van der Waals surface area (Å²) in [5, 5.41) is 0. The van der Waals surface area contributed by atoms with Crippen molar-refractivity contribution in [3.8, 4) is 0 Å². The Kier molecular flexibility index (Phi) is 11.0. The molecule has 1 saturated heterocycles. The van der Waals surface area contributed by atoms with Gasteiger partial charge in [-0.2, -0.15) is 0 Å². The number of hydrogen-bond donors (Lipinski definition) is 0. The normalized spacial score (nSPS) is 27.2. The van der Waals surface area contributed by atoms with Crippen LogP contribution in [0.2, 0.25) is 0 Å². The van der Waals surface area contributed by atoms with Crippen LogP contribution in [-0.4, -0.2) is 42.3 Å².